The van der Waals surface area contributed by atoms with Gasteiger partial charge in [-0.1, -0.05) is 11.8 Å². The van der Waals surface area contributed by atoms with Crippen LogP contribution in [0, 0.1) is 25.7 Å². The van der Waals surface area contributed by atoms with Crippen molar-refractivity contribution in [3.63, 3.8) is 0 Å². The van der Waals surface area contributed by atoms with Crippen LogP contribution in [0.1, 0.15) is 28.1 Å². The van der Waals surface area contributed by atoms with Crippen molar-refractivity contribution in [1.82, 2.24) is 24.7 Å². The first-order valence-electron chi connectivity index (χ1n) is 8.60. The zero-order valence-electron chi connectivity index (χ0n) is 15.6. The van der Waals surface area contributed by atoms with Crippen molar-refractivity contribution >= 4 is 28.2 Å². The van der Waals surface area contributed by atoms with Gasteiger partial charge in [-0.05, 0) is 39.0 Å². The summed E-state index contributed by atoms with van der Waals surface area (Å²) in [4.78, 5) is 13.4. The molecule has 0 bridgehead atoms. The highest BCUT2D eigenvalue weighted by molar-refractivity contribution is 7.11. The predicted molar refractivity (Wildman–Crippen MR) is 109 cm³/mol. The lowest BCUT2D eigenvalue weighted by Gasteiger charge is -2.12. The van der Waals surface area contributed by atoms with Crippen LogP contribution in [0.25, 0.3) is 16.7 Å². The van der Waals surface area contributed by atoms with Crippen LogP contribution in [0.15, 0.2) is 36.7 Å². The van der Waals surface area contributed by atoms with Crippen molar-refractivity contribution < 1.29 is 5.11 Å². The summed E-state index contributed by atoms with van der Waals surface area (Å²) in [5.41, 5.74) is 6.88. The third-order valence-electron chi connectivity index (χ3n) is 4.23. The van der Waals surface area contributed by atoms with Crippen LogP contribution in [0.3, 0.4) is 0 Å². The maximum Gasteiger partial charge on any atom is 0.221 e. The van der Waals surface area contributed by atoms with Crippen LogP contribution in [-0.2, 0) is 5.60 Å². The van der Waals surface area contributed by atoms with E-state index in [0.717, 1.165) is 27.0 Å². The fourth-order valence-corrected chi connectivity index (χ4v) is 3.60. The number of benzene rings is 1. The molecule has 3 heterocycles. The molecule has 4 rings (SSSR count). The minimum atomic E-state index is -1.31. The molecular weight excluding hydrogens is 372 g/mol. The van der Waals surface area contributed by atoms with Crippen molar-refractivity contribution in [2.75, 3.05) is 5.73 Å². The van der Waals surface area contributed by atoms with Crippen molar-refractivity contribution in [2.45, 2.75) is 26.4 Å². The number of thiazole rings is 1. The first-order chi connectivity index (χ1) is 13.3. The van der Waals surface area contributed by atoms with E-state index in [1.165, 1.54) is 11.3 Å². The Hall–Kier alpha value is -3.28. The molecule has 3 N–H and O–H groups in total. The summed E-state index contributed by atoms with van der Waals surface area (Å²) in [7, 11) is 0. The first-order valence-corrected chi connectivity index (χ1v) is 9.42. The van der Waals surface area contributed by atoms with E-state index >= 15 is 0 Å². The molecule has 0 radical (unpaired) electrons. The number of rotatable bonds is 2. The van der Waals surface area contributed by atoms with Gasteiger partial charge >= 0.3 is 0 Å². The van der Waals surface area contributed by atoms with Crippen LogP contribution in [0.4, 0.5) is 5.95 Å². The number of fused-ring (bicyclic) bond motifs is 1. The first kappa shape index (κ1) is 18.1. The van der Waals surface area contributed by atoms with Crippen molar-refractivity contribution in [3.8, 4) is 17.7 Å². The van der Waals surface area contributed by atoms with Gasteiger partial charge in [-0.2, -0.15) is 10.1 Å². The maximum atomic E-state index is 10.7. The number of nitrogens with two attached hydrogens (primary N) is 1. The molecule has 1 aromatic carbocycles. The second kappa shape index (κ2) is 6.71. The Morgan fingerprint density at radius 3 is 2.75 bits per heavy atom. The van der Waals surface area contributed by atoms with E-state index in [4.69, 9.17) is 5.73 Å². The number of anilines is 1. The topological polar surface area (TPSA) is 103 Å². The zero-order valence-corrected chi connectivity index (χ0v) is 16.4. The Labute approximate surface area is 165 Å². The molecule has 0 saturated carbocycles. The highest BCUT2D eigenvalue weighted by Crippen LogP contribution is 2.25. The van der Waals surface area contributed by atoms with Gasteiger partial charge in [0.05, 0.1) is 11.2 Å². The number of aliphatic hydroxyl groups is 1. The van der Waals surface area contributed by atoms with Gasteiger partial charge in [-0.25, -0.2) is 14.6 Å². The van der Waals surface area contributed by atoms with Gasteiger partial charge in [0.25, 0.3) is 0 Å². The van der Waals surface area contributed by atoms with Crippen LogP contribution in [0.2, 0.25) is 0 Å². The van der Waals surface area contributed by atoms with E-state index in [-0.39, 0.29) is 5.95 Å². The van der Waals surface area contributed by atoms with Gasteiger partial charge < -0.3 is 10.8 Å². The number of aryl methyl sites for hydroxylation is 2. The lowest BCUT2D eigenvalue weighted by Crippen LogP contribution is -2.17. The molecule has 0 fully saturated rings. The number of nitrogen functional groups attached to an aromatic ring is 1. The summed E-state index contributed by atoms with van der Waals surface area (Å²) in [6, 6.07) is 7.54. The van der Waals surface area contributed by atoms with Gasteiger partial charge in [0.2, 0.25) is 5.95 Å². The fourth-order valence-electron chi connectivity index (χ4n) is 2.83. The van der Waals surface area contributed by atoms with E-state index in [0.29, 0.717) is 10.8 Å². The van der Waals surface area contributed by atoms with Crippen molar-refractivity contribution in [2.24, 2.45) is 0 Å². The normalized spacial score (nSPS) is 13.1. The predicted octanol–water partition coefficient (Wildman–Crippen LogP) is 2.73. The van der Waals surface area contributed by atoms with Crippen LogP contribution in [-0.4, -0.2) is 29.8 Å². The second-order valence-electron chi connectivity index (χ2n) is 6.60. The van der Waals surface area contributed by atoms with Crippen LogP contribution < -0.4 is 5.73 Å². The number of hydrogen-bond donors (Lipinski definition) is 2. The number of aromatic nitrogens is 5. The summed E-state index contributed by atoms with van der Waals surface area (Å²) in [5, 5.41) is 16.8. The van der Waals surface area contributed by atoms with E-state index in [9.17, 15) is 5.11 Å². The highest BCUT2D eigenvalue weighted by atomic mass is 32.1. The molecule has 0 aliphatic heterocycles. The minimum Gasteiger partial charge on any atom is -0.371 e. The molecule has 1 atom stereocenters. The molecule has 7 nitrogen and oxygen atoms in total. The monoisotopic (exact) mass is 390 g/mol. The Morgan fingerprint density at radius 1 is 1.21 bits per heavy atom. The third kappa shape index (κ3) is 3.33. The van der Waals surface area contributed by atoms with E-state index in [1.807, 2.05) is 32.0 Å². The van der Waals surface area contributed by atoms with Crippen LogP contribution in [0.5, 0.6) is 0 Å². The van der Waals surface area contributed by atoms with E-state index in [2.05, 4.69) is 31.9 Å². The summed E-state index contributed by atoms with van der Waals surface area (Å²) in [5.74, 6) is 6.74. The molecule has 28 heavy (non-hydrogen) atoms. The Bertz CT molecular complexity index is 1240. The molecule has 140 valence electrons. The van der Waals surface area contributed by atoms with Crippen molar-refractivity contribution in [1.29, 1.82) is 0 Å². The largest absolute Gasteiger partial charge is 0.371 e. The third-order valence-corrected chi connectivity index (χ3v) is 5.35. The Balaban J connectivity index is 1.77. The van der Waals surface area contributed by atoms with Gasteiger partial charge in [-0.15, -0.1) is 11.3 Å². The molecule has 4 aromatic rings. The van der Waals surface area contributed by atoms with Gasteiger partial charge in [0, 0.05) is 34.3 Å². The average Bonchev–Trinajstić information content (AvgIpc) is 3.24. The minimum absolute atomic E-state index is 0.185. The van der Waals surface area contributed by atoms with Crippen molar-refractivity contribution in [3.05, 3.63) is 57.8 Å². The molecule has 0 aliphatic rings. The molecule has 0 amide bonds. The summed E-state index contributed by atoms with van der Waals surface area (Å²) < 4.78 is 1.72. The molecular formula is C20H18N6OS. The molecule has 1 unspecified atom stereocenters. The SMILES string of the molecule is Cc1cnc(C(C)(O)C#Cc2ccc3c(C)nn(-c4ccnc(N)n4)c3c2)s1. The zero-order chi connectivity index (χ0) is 19.9. The maximum absolute atomic E-state index is 10.7. The highest BCUT2D eigenvalue weighted by Gasteiger charge is 2.23. The smallest absolute Gasteiger partial charge is 0.221 e. The Kier molecular flexibility index (Phi) is 4.34. The van der Waals surface area contributed by atoms with Gasteiger partial charge in [0.1, 0.15) is 5.01 Å². The molecule has 0 saturated heterocycles. The Morgan fingerprint density at radius 2 is 2.04 bits per heavy atom. The summed E-state index contributed by atoms with van der Waals surface area (Å²) >= 11 is 1.43. The summed E-state index contributed by atoms with van der Waals surface area (Å²) in [6.07, 6.45) is 3.33. The lowest BCUT2D eigenvalue weighted by atomic mass is 10.1. The lowest BCUT2D eigenvalue weighted by molar-refractivity contribution is 0.122. The number of hydrogen-bond acceptors (Lipinski definition) is 7. The van der Waals surface area contributed by atoms with Crippen LogP contribution >= 0.6 is 11.3 Å². The molecule has 8 heteroatoms. The fraction of sp³-hybridized carbons (Fsp3) is 0.200. The van der Waals surface area contributed by atoms with E-state index in [1.54, 1.807) is 30.1 Å². The number of nitrogens with zero attached hydrogens (tertiary/aromatic N) is 5. The quantitative estimate of drug-likeness (QED) is 0.510. The average molecular weight is 390 g/mol. The molecule has 3 aromatic heterocycles. The van der Waals surface area contributed by atoms with E-state index < -0.39 is 5.60 Å². The summed E-state index contributed by atoms with van der Waals surface area (Å²) in [6.45, 7) is 5.53. The second-order valence-corrected chi connectivity index (χ2v) is 7.84. The molecule has 0 aliphatic carbocycles. The van der Waals surface area contributed by atoms with Gasteiger partial charge in [0.15, 0.2) is 11.4 Å². The van der Waals surface area contributed by atoms with Gasteiger partial charge in [-0.3, -0.25) is 0 Å². The molecule has 0 spiro atoms. The standard InChI is InChI=1S/C20H18N6OS/c1-12-11-23-18(28-12)20(3,27)8-6-14-4-5-15-13(2)25-26(16(15)10-14)17-7-9-22-19(21)24-17/h4-5,7,9-11,27H,1-3H3,(H2,21,22,24).